The van der Waals surface area contributed by atoms with E-state index >= 15 is 0 Å². The lowest BCUT2D eigenvalue weighted by Crippen LogP contribution is -2.40. The van der Waals surface area contributed by atoms with Gasteiger partial charge in [0.2, 0.25) is 0 Å². The number of likely N-dealkylation sites (tertiary alicyclic amines) is 1. The first-order valence-corrected chi connectivity index (χ1v) is 6.89. The molecule has 102 valence electrons. The quantitative estimate of drug-likeness (QED) is 0.778. The Morgan fingerprint density at radius 1 is 1.37 bits per heavy atom. The summed E-state index contributed by atoms with van der Waals surface area (Å²) in [5.74, 6) is -0.364. The van der Waals surface area contributed by atoms with Crippen LogP contribution >= 0.6 is 15.9 Å². The Morgan fingerprint density at radius 2 is 2.05 bits per heavy atom. The molecule has 1 aliphatic rings. The zero-order valence-corrected chi connectivity index (χ0v) is 12.2. The van der Waals surface area contributed by atoms with Crippen LogP contribution in [0.4, 0.5) is 0 Å². The molecule has 0 unspecified atom stereocenters. The van der Waals surface area contributed by atoms with Crippen molar-refractivity contribution in [3.63, 3.8) is 0 Å². The zero-order chi connectivity index (χ0) is 13.8. The highest BCUT2D eigenvalue weighted by Crippen LogP contribution is 2.20. The zero-order valence-electron chi connectivity index (χ0n) is 10.6. The number of carbonyl (C=O) groups excluding carboxylic acids is 2. The molecule has 0 aliphatic carbocycles. The molecule has 1 amide bonds. The highest BCUT2D eigenvalue weighted by molar-refractivity contribution is 9.10. The number of piperidine rings is 1. The Balaban J connectivity index is 1.96. The summed E-state index contributed by atoms with van der Waals surface area (Å²) in [6, 6.07) is 3.49. The monoisotopic (exact) mass is 326 g/mol. The number of nitrogens with zero attached hydrogens (tertiary/aromatic N) is 2. The van der Waals surface area contributed by atoms with Crippen LogP contribution in [0.15, 0.2) is 22.8 Å². The first kappa shape index (κ1) is 14.0. The van der Waals surface area contributed by atoms with E-state index in [-0.39, 0.29) is 17.8 Å². The average molecular weight is 327 g/mol. The van der Waals surface area contributed by atoms with Crippen LogP contribution in [0.1, 0.15) is 23.3 Å². The number of pyridine rings is 1. The lowest BCUT2D eigenvalue weighted by molar-refractivity contribution is -0.146. The van der Waals surface area contributed by atoms with Gasteiger partial charge < -0.3 is 9.64 Å². The summed E-state index contributed by atoms with van der Waals surface area (Å²) in [5, 5.41) is 0. The van der Waals surface area contributed by atoms with Crippen LogP contribution in [-0.2, 0) is 9.53 Å². The fraction of sp³-hybridized carbons (Fsp3) is 0.462. The van der Waals surface area contributed by atoms with Gasteiger partial charge in [-0.3, -0.25) is 9.59 Å². The third kappa shape index (κ3) is 3.32. The first-order chi connectivity index (χ1) is 9.11. The van der Waals surface area contributed by atoms with E-state index in [1.165, 1.54) is 7.11 Å². The Kier molecular flexibility index (Phi) is 4.52. The fourth-order valence-corrected chi connectivity index (χ4v) is 2.38. The highest BCUT2D eigenvalue weighted by Gasteiger charge is 2.28. The van der Waals surface area contributed by atoms with Crippen LogP contribution in [0.3, 0.4) is 0 Å². The number of halogens is 1. The molecule has 1 saturated heterocycles. The van der Waals surface area contributed by atoms with Crippen LogP contribution in [0.25, 0.3) is 0 Å². The van der Waals surface area contributed by atoms with Crippen LogP contribution in [0.5, 0.6) is 0 Å². The lowest BCUT2D eigenvalue weighted by atomic mass is 9.97. The number of hydrogen-bond donors (Lipinski definition) is 0. The van der Waals surface area contributed by atoms with Crippen LogP contribution < -0.4 is 0 Å². The Hall–Kier alpha value is -1.43. The van der Waals surface area contributed by atoms with E-state index in [0.717, 1.165) is 4.47 Å². The van der Waals surface area contributed by atoms with Crippen LogP contribution in [0, 0.1) is 5.92 Å². The van der Waals surface area contributed by atoms with E-state index in [2.05, 4.69) is 20.9 Å². The van der Waals surface area contributed by atoms with Crippen molar-refractivity contribution in [2.24, 2.45) is 5.92 Å². The van der Waals surface area contributed by atoms with Gasteiger partial charge >= 0.3 is 5.97 Å². The van der Waals surface area contributed by atoms with E-state index < -0.39 is 0 Å². The van der Waals surface area contributed by atoms with Gasteiger partial charge in [0, 0.05) is 23.8 Å². The Labute approximate surface area is 120 Å². The van der Waals surface area contributed by atoms with Crippen LogP contribution in [0.2, 0.25) is 0 Å². The number of esters is 1. The van der Waals surface area contributed by atoms with Gasteiger partial charge in [-0.25, -0.2) is 4.98 Å². The van der Waals surface area contributed by atoms with Crippen LogP contribution in [-0.4, -0.2) is 42.0 Å². The molecule has 0 N–H and O–H groups in total. The highest BCUT2D eigenvalue weighted by atomic mass is 79.9. The van der Waals surface area contributed by atoms with Gasteiger partial charge in [-0.15, -0.1) is 0 Å². The molecule has 0 spiro atoms. The largest absolute Gasteiger partial charge is 0.469 e. The maximum absolute atomic E-state index is 12.2. The summed E-state index contributed by atoms with van der Waals surface area (Å²) in [6.07, 6.45) is 2.90. The predicted octanol–water partition coefficient (Wildman–Crippen LogP) is 1.87. The minimum absolute atomic E-state index is 0.0872. The van der Waals surface area contributed by atoms with Gasteiger partial charge in [0.1, 0.15) is 5.69 Å². The normalized spacial score (nSPS) is 16.2. The van der Waals surface area contributed by atoms with Crippen molar-refractivity contribution in [3.8, 4) is 0 Å². The molecule has 0 radical (unpaired) electrons. The van der Waals surface area contributed by atoms with Crippen molar-refractivity contribution in [2.45, 2.75) is 12.8 Å². The van der Waals surface area contributed by atoms with Crippen molar-refractivity contribution >= 4 is 27.8 Å². The minimum atomic E-state index is -0.186. The van der Waals surface area contributed by atoms with Crippen molar-refractivity contribution in [2.75, 3.05) is 20.2 Å². The number of carbonyl (C=O) groups is 2. The summed E-state index contributed by atoms with van der Waals surface area (Å²) >= 11 is 3.28. The molecular formula is C13H15BrN2O3. The molecule has 1 aliphatic heterocycles. The molecule has 1 aromatic rings. The number of aromatic nitrogens is 1. The second-order valence-corrected chi connectivity index (χ2v) is 5.37. The lowest BCUT2D eigenvalue weighted by Gasteiger charge is -2.30. The Bertz CT molecular complexity index is 467. The summed E-state index contributed by atoms with van der Waals surface area (Å²) in [6.45, 7) is 1.13. The molecule has 5 nitrogen and oxygen atoms in total. The smallest absolute Gasteiger partial charge is 0.308 e. The predicted molar refractivity (Wildman–Crippen MR) is 72.6 cm³/mol. The molecule has 1 aromatic heterocycles. The minimum Gasteiger partial charge on any atom is -0.469 e. The first-order valence-electron chi connectivity index (χ1n) is 6.10. The summed E-state index contributed by atoms with van der Waals surface area (Å²) in [7, 11) is 1.39. The number of methoxy groups -OCH3 is 1. The van der Waals surface area contributed by atoms with Gasteiger partial charge in [-0.1, -0.05) is 0 Å². The molecule has 0 bridgehead atoms. The van der Waals surface area contributed by atoms with Gasteiger partial charge in [-0.2, -0.15) is 0 Å². The second-order valence-electron chi connectivity index (χ2n) is 4.45. The molecule has 2 heterocycles. The molecule has 0 aromatic carbocycles. The molecule has 19 heavy (non-hydrogen) atoms. The topological polar surface area (TPSA) is 59.5 Å². The molecule has 2 rings (SSSR count). The molecular weight excluding hydrogens is 312 g/mol. The fourth-order valence-electron chi connectivity index (χ4n) is 2.15. The molecule has 0 saturated carbocycles. The van der Waals surface area contributed by atoms with Crippen molar-refractivity contribution in [1.82, 2.24) is 9.88 Å². The average Bonchev–Trinajstić information content (AvgIpc) is 2.46. The number of rotatable bonds is 2. The van der Waals surface area contributed by atoms with E-state index in [1.54, 1.807) is 23.2 Å². The maximum Gasteiger partial charge on any atom is 0.308 e. The van der Waals surface area contributed by atoms with Gasteiger partial charge in [0.25, 0.3) is 5.91 Å². The summed E-state index contributed by atoms with van der Waals surface area (Å²) in [5.41, 5.74) is 0.430. The number of amides is 1. The number of ether oxygens (including phenoxy) is 1. The van der Waals surface area contributed by atoms with Crippen molar-refractivity contribution in [3.05, 3.63) is 28.5 Å². The van der Waals surface area contributed by atoms with Gasteiger partial charge in [-0.05, 0) is 40.9 Å². The molecule has 6 heteroatoms. The Morgan fingerprint density at radius 3 is 2.58 bits per heavy atom. The molecule has 0 atom stereocenters. The van der Waals surface area contributed by atoms with E-state index in [1.807, 2.05) is 0 Å². The molecule has 1 fully saturated rings. The second kappa shape index (κ2) is 6.14. The van der Waals surface area contributed by atoms with E-state index in [0.29, 0.717) is 31.6 Å². The van der Waals surface area contributed by atoms with E-state index in [9.17, 15) is 9.59 Å². The third-order valence-electron chi connectivity index (χ3n) is 3.26. The maximum atomic E-state index is 12.2. The number of hydrogen-bond acceptors (Lipinski definition) is 4. The van der Waals surface area contributed by atoms with Crippen molar-refractivity contribution in [1.29, 1.82) is 0 Å². The standard InChI is InChI=1S/C13H15BrN2O3/c1-19-13(18)9-4-6-16(7-5-9)12(17)11-3-2-10(14)8-15-11/h2-3,8-9H,4-7H2,1H3. The third-order valence-corrected chi connectivity index (χ3v) is 3.73. The van der Waals surface area contributed by atoms with Crippen molar-refractivity contribution < 1.29 is 14.3 Å². The SMILES string of the molecule is COC(=O)C1CCN(C(=O)c2ccc(Br)cn2)CC1. The van der Waals surface area contributed by atoms with Gasteiger partial charge in [0.15, 0.2) is 0 Å². The summed E-state index contributed by atoms with van der Waals surface area (Å²) < 4.78 is 5.56. The summed E-state index contributed by atoms with van der Waals surface area (Å²) in [4.78, 5) is 29.4. The van der Waals surface area contributed by atoms with Gasteiger partial charge in [0.05, 0.1) is 13.0 Å². The van der Waals surface area contributed by atoms with E-state index in [4.69, 9.17) is 4.74 Å².